The first kappa shape index (κ1) is 12.7. The highest BCUT2D eigenvalue weighted by atomic mass is 32.1. The molecule has 2 nitrogen and oxygen atoms in total. The molecule has 0 spiro atoms. The minimum atomic E-state index is 0.339. The monoisotopic (exact) mass is 226 g/mol. The van der Waals surface area contributed by atoms with Crippen LogP contribution >= 0.6 is 11.3 Å². The van der Waals surface area contributed by atoms with Crippen molar-refractivity contribution in [1.29, 1.82) is 0 Å². The number of rotatable bonds is 5. The summed E-state index contributed by atoms with van der Waals surface area (Å²) in [6, 6.07) is 0. The second-order valence-electron chi connectivity index (χ2n) is 5.05. The van der Waals surface area contributed by atoms with Gasteiger partial charge in [0.25, 0.3) is 0 Å². The van der Waals surface area contributed by atoms with Crippen molar-refractivity contribution in [1.82, 2.24) is 10.3 Å². The van der Waals surface area contributed by atoms with Crippen LogP contribution in [0.2, 0.25) is 0 Å². The Labute approximate surface area is 97.1 Å². The fourth-order valence-electron chi connectivity index (χ4n) is 1.59. The van der Waals surface area contributed by atoms with E-state index in [0.717, 1.165) is 19.5 Å². The van der Waals surface area contributed by atoms with E-state index >= 15 is 0 Å². The summed E-state index contributed by atoms with van der Waals surface area (Å²) >= 11 is 1.68. The van der Waals surface area contributed by atoms with Gasteiger partial charge in [0.15, 0.2) is 0 Å². The van der Waals surface area contributed by atoms with E-state index in [0.29, 0.717) is 11.3 Å². The fourth-order valence-corrected chi connectivity index (χ4v) is 2.17. The Balaban J connectivity index is 2.57. The maximum absolute atomic E-state index is 4.37. The van der Waals surface area contributed by atoms with Crippen LogP contribution in [0.5, 0.6) is 0 Å². The Kier molecular flexibility index (Phi) is 4.74. The zero-order valence-electron chi connectivity index (χ0n) is 10.2. The Morgan fingerprint density at radius 3 is 2.67 bits per heavy atom. The van der Waals surface area contributed by atoms with E-state index in [2.05, 4.69) is 43.4 Å². The summed E-state index contributed by atoms with van der Waals surface area (Å²) in [5.41, 5.74) is 3.49. The molecule has 3 heteroatoms. The SMILES string of the molecule is CCNCC(Cc1cscn1)C(C)(C)C. The molecule has 1 rings (SSSR count). The fraction of sp³-hybridized carbons (Fsp3) is 0.750. The third-order valence-corrected chi connectivity index (χ3v) is 3.44. The van der Waals surface area contributed by atoms with Gasteiger partial charge < -0.3 is 5.32 Å². The highest BCUT2D eigenvalue weighted by Crippen LogP contribution is 2.28. The third-order valence-electron chi connectivity index (χ3n) is 2.80. The van der Waals surface area contributed by atoms with Crippen molar-refractivity contribution in [2.75, 3.05) is 13.1 Å². The van der Waals surface area contributed by atoms with Gasteiger partial charge in [-0.1, -0.05) is 27.7 Å². The summed E-state index contributed by atoms with van der Waals surface area (Å²) in [5, 5.41) is 5.60. The molecule has 1 N–H and O–H groups in total. The second kappa shape index (κ2) is 5.61. The first-order chi connectivity index (χ1) is 7.04. The van der Waals surface area contributed by atoms with Crippen LogP contribution in [0, 0.1) is 11.3 Å². The zero-order chi connectivity index (χ0) is 11.3. The summed E-state index contributed by atoms with van der Waals surface area (Å²) < 4.78 is 0. The van der Waals surface area contributed by atoms with Crippen LogP contribution in [0.1, 0.15) is 33.4 Å². The van der Waals surface area contributed by atoms with Crippen molar-refractivity contribution in [3.8, 4) is 0 Å². The van der Waals surface area contributed by atoms with Crippen LogP contribution in [0.15, 0.2) is 10.9 Å². The lowest BCUT2D eigenvalue weighted by Crippen LogP contribution is -2.33. The Morgan fingerprint density at radius 2 is 2.20 bits per heavy atom. The van der Waals surface area contributed by atoms with Crippen molar-refractivity contribution in [2.24, 2.45) is 11.3 Å². The van der Waals surface area contributed by atoms with E-state index in [1.54, 1.807) is 11.3 Å². The van der Waals surface area contributed by atoms with Crippen LogP contribution in [-0.2, 0) is 6.42 Å². The first-order valence-electron chi connectivity index (χ1n) is 5.61. The van der Waals surface area contributed by atoms with Gasteiger partial charge in [-0.3, -0.25) is 0 Å². The van der Waals surface area contributed by atoms with E-state index < -0.39 is 0 Å². The van der Waals surface area contributed by atoms with Crippen LogP contribution < -0.4 is 5.32 Å². The Morgan fingerprint density at radius 1 is 1.47 bits per heavy atom. The van der Waals surface area contributed by atoms with Crippen LogP contribution in [0.4, 0.5) is 0 Å². The predicted molar refractivity (Wildman–Crippen MR) is 67.3 cm³/mol. The molecule has 86 valence electrons. The highest BCUT2D eigenvalue weighted by Gasteiger charge is 2.24. The van der Waals surface area contributed by atoms with E-state index in [9.17, 15) is 0 Å². The van der Waals surface area contributed by atoms with E-state index in [-0.39, 0.29) is 0 Å². The van der Waals surface area contributed by atoms with Gasteiger partial charge in [0.05, 0.1) is 11.2 Å². The van der Waals surface area contributed by atoms with Gasteiger partial charge >= 0.3 is 0 Å². The van der Waals surface area contributed by atoms with E-state index in [4.69, 9.17) is 0 Å². The van der Waals surface area contributed by atoms with Gasteiger partial charge in [-0.2, -0.15) is 0 Å². The normalized spacial score (nSPS) is 14.1. The quantitative estimate of drug-likeness (QED) is 0.835. The number of hydrogen-bond acceptors (Lipinski definition) is 3. The minimum absolute atomic E-state index is 0.339. The van der Waals surface area contributed by atoms with Crippen LogP contribution in [0.25, 0.3) is 0 Å². The van der Waals surface area contributed by atoms with E-state index in [1.165, 1.54) is 5.69 Å². The molecular weight excluding hydrogens is 204 g/mol. The van der Waals surface area contributed by atoms with Gasteiger partial charge in [-0.25, -0.2) is 4.98 Å². The second-order valence-corrected chi connectivity index (χ2v) is 5.77. The average Bonchev–Trinajstić information content (AvgIpc) is 2.62. The van der Waals surface area contributed by atoms with Crippen LogP contribution in [0.3, 0.4) is 0 Å². The molecule has 1 unspecified atom stereocenters. The van der Waals surface area contributed by atoms with Crippen molar-refractivity contribution in [3.05, 3.63) is 16.6 Å². The molecule has 0 aliphatic rings. The molecule has 0 saturated heterocycles. The molecule has 15 heavy (non-hydrogen) atoms. The largest absolute Gasteiger partial charge is 0.317 e. The molecule has 0 saturated carbocycles. The van der Waals surface area contributed by atoms with Gasteiger partial charge in [-0.15, -0.1) is 11.3 Å². The molecule has 0 aliphatic carbocycles. The van der Waals surface area contributed by atoms with Crippen LogP contribution in [-0.4, -0.2) is 18.1 Å². The molecular formula is C12H22N2S. The molecule has 0 radical (unpaired) electrons. The Bertz CT molecular complexity index is 262. The van der Waals surface area contributed by atoms with E-state index in [1.807, 2.05) is 5.51 Å². The predicted octanol–water partition coefficient (Wildman–Crippen LogP) is 2.96. The lowest BCUT2D eigenvalue weighted by atomic mass is 9.78. The minimum Gasteiger partial charge on any atom is -0.317 e. The van der Waals surface area contributed by atoms with Crippen molar-refractivity contribution >= 4 is 11.3 Å². The van der Waals surface area contributed by atoms with Crippen molar-refractivity contribution < 1.29 is 0 Å². The molecule has 1 atom stereocenters. The average molecular weight is 226 g/mol. The topological polar surface area (TPSA) is 24.9 Å². The third kappa shape index (κ3) is 4.31. The summed E-state index contributed by atoms with van der Waals surface area (Å²) in [6.45, 7) is 11.2. The molecule has 1 heterocycles. The number of nitrogens with one attached hydrogen (secondary N) is 1. The van der Waals surface area contributed by atoms with Gasteiger partial charge in [0, 0.05) is 5.38 Å². The molecule has 0 aliphatic heterocycles. The maximum Gasteiger partial charge on any atom is 0.0794 e. The van der Waals surface area contributed by atoms with Gasteiger partial charge in [0.1, 0.15) is 0 Å². The zero-order valence-corrected chi connectivity index (χ0v) is 11.0. The molecule has 0 amide bonds. The smallest absolute Gasteiger partial charge is 0.0794 e. The molecule has 0 aromatic carbocycles. The van der Waals surface area contributed by atoms with Gasteiger partial charge in [-0.05, 0) is 30.8 Å². The summed E-state index contributed by atoms with van der Waals surface area (Å²) in [5.74, 6) is 0.652. The number of thiazole rings is 1. The number of nitrogens with zero attached hydrogens (tertiary/aromatic N) is 1. The molecule has 1 aromatic rings. The standard InChI is InChI=1S/C12H22N2S/c1-5-13-7-10(12(2,3)4)6-11-8-15-9-14-11/h8-10,13H,5-7H2,1-4H3. The van der Waals surface area contributed by atoms with Crippen molar-refractivity contribution in [3.63, 3.8) is 0 Å². The molecule has 0 fully saturated rings. The highest BCUT2D eigenvalue weighted by molar-refractivity contribution is 7.07. The Hall–Kier alpha value is -0.410. The number of hydrogen-bond donors (Lipinski definition) is 1. The molecule has 0 bridgehead atoms. The summed E-state index contributed by atoms with van der Waals surface area (Å²) in [4.78, 5) is 4.37. The lowest BCUT2D eigenvalue weighted by Gasteiger charge is -2.30. The van der Waals surface area contributed by atoms with Crippen molar-refractivity contribution in [2.45, 2.75) is 34.1 Å². The molecule has 1 aromatic heterocycles. The maximum atomic E-state index is 4.37. The first-order valence-corrected chi connectivity index (χ1v) is 6.56. The summed E-state index contributed by atoms with van der Waals surface area (Å²) in [7, 11) is 0. The summed E-state index contributed by atoms with van der Waals surface area (Å²) in [6.07, 6.45) is 1.08. The van der Waals surface area contributed by atoms with Gasteiger partial charge in [0.2, 0.25) is 0 Å². The lowest BCUT2D eigenvalue weighted by molar-refractivity contribution is 0.230. The number of aromatic nitrogens is 1.